The predicted octanol–water partition coefficient (Wildman–Crippen LogP) is 3.82. The molecule has 0 aliphatic carbocycles. The highest BCUT2D eigenvalue weighted by Gasteiger charge is 2.04. The molecule has 0 saturated heterocycles. The molecule has 5 heteroatoms. The molecule has 1 N–H and O–H groups in total. The van der Waals surface area contributed by atoms with Crippen LogP contribution in [0.4, 0.5) is 5.69 Å². The highest BCUT2D eigenvalue weighted by Crippen LogP contribution is 2.29. The third-order valence-corrected chi connectivity index (χ3v) is 3.28. The Kier molecular flexibility index (Phi) is 3.92. The van der Waals surface area contributed by atoms with Gasteiger partial charge in [0.05, 0.1) is 34.3 Å². The summed E-state index contributed by atoms with van der Waals surface area (Å²) in [7, 11) is 0. The van der Waals surface area contributed by atoms with Crippen molar-refractivity contribution in [3.63, 3.8) is 0 Å². The van der Waals surface area contributed by atoms with E-state index in [4.69, 9.17) is 23.2 Å². The molecular weight excluding hydrogens is 257 g/mol. The van der Waals surface area contributed by atoms with Crippen molar-refractivity contribution in [3.8, 4) is 0 Å². The van der Waals surface area contributed by atoms with Gasteiger partial charge in [0.1, 0.15) is 0 Å². The molecule has 0 unspecified atom stereocenters. The van der Waals surface area contributed by atoms with Gasteiger partial charge in [-0.05, 0) is 19.1 Å². The number of rotatable bonds is 4. The maximum atomic E-state index is 6.07. The van der Waals surface area contributed by atoms with Crippen LogP contribution in [-0.4, -0.2) is 9.55 Å². The van der Waals surface area contributed by atoms with E-state index in [0.717, 1.165) is 17.9 Å². The maximum absolute atomic E-state index is 6.07. The minimum Gasteiger partial charge on any atom is -0.378 e. The fourth-order valence-electron chi connectivity index (χ4n) is 1.50. The smallest absolute Gasteiger partial charge is 0.0950 e. The summed E-state index contributed by atoms with van der Waals surface area (Å²) in [4.78, 5) is 4.28. The van der Waals surface area contributed by atoms with Crippen LogP contribution in [0.15, 0.2) is 30.7 Å². The van der Waals surface area contributed by atoms with Gasteiger partial charge in [0, 0.05) is 12.7 Å². The molecule has 2 aromatic rings. The summed E-state index contributed by atoms with van der Waals surface area (Å²) < 4.78 is 2.02. The van der Waals surface area contributed by atoms with Crippen molar-refractivity contribution < 1.29 is 0 Å². The topological polar surface area (TPSA) is 29.9 Å². The zero-order valence-electron chi connectivity index (χ0n) is 9.45. The Balaban J connectivity index is 2.04. The minimum absolute atomic E-state index is 0.545. The first-order valence-electron chi connectivity index (χ1n) is 5.39. The summed E-state index contributed by atoms with van der Waals surface area (Å²) >= 11 is 12.0. The van der Waals surface area contributed by atoms with Gasteiger partial charge in [0.25, 0.3) is 0 Å². The van der Waals surface area contributed by atoms with Gasteiger partial charge in [0.2, 0.25) is 0 Å². The molecule has 1 heterocycles. The number of hydrogen-bond donors (Lipinski definition) is 1. The Bertz CT molecular complexity index is 508. The zero-order valence-corrected chi connectivity index (χ0v) is 11.0. The van der Waals surface area contributed by atoms with E-state index < -0.39 is 0 Å². The third-order valence-electron chi connectivity index (χ3n) is 2.46. The Morgan fingerprint density at radius 1 is 1.35 bits per heavy atom. The standard InChI is InChI=1S/C12H13Cl2N3/c1-2-17-7-9(16-8-17)6-15-11-5-3-4-10(13)12(11)14/h3-5,7-8,15H,2,6H2,1H3. The van der Waals surface area contributed by atoms with Crippen molar-refractivity contribution >= 4 is 28.9 Å². The lowest BCUT2D eigenvalue weighted by molar-refractivity contribution is 0.760. The van der Waals surface area contributed by atoms with E-state index in [9.17, 15) is 0 Å². The summed E-state index contributed by atoms with van der Waals surface area (Å²) in [6.07, 6.45) is 3.82. The molecule has 3 nitrogen and oxygen atoms in total. The van der Waals surface area contributed by atoms with Crippen LogP contribution in [0.2, 0.25) is 10.0 Å². The van der Waals surface area contributed by atoms with Crippen LogP contribution in [0.25, 0.3) is 0 Å². The predicted molar refractivity (Wildman–Crippen MR) is 71.7 cm³/mol. The van der Waals surface area contributed by atoms with Gasteiger partial charge in [-0.25, -0.2) is 4.98 Å². The highest BCUT2D eigenvalue weighted by molar-refractivity contribution is 6.43. The first-order chi connectivity index (χ1) is 8.20. The highest BCUT2D eigenvalue weighted by atomic mass is 35.5. The number of aromatic nitrogens is 2. The van der Waals surface area contributed by atoms with Gasteiger partial charge < -0.3 is 9.88 Å². The van der Waals surface area contributed by atoms with E-state index in [-0.39, 0.29) is 0 Å². The van der Waals surface area contributed by atoms with E-state index in [2.05, 4.69) is 17.2 Å². The van der Waals surface area contributed by atoms with Crippen LogP contribution in [-0.2, 0) is 13.1 Å². The van der Waals surface area contributed by atoms with Crippen LogP contribution in [0.1, 0.15) is 12.6 Å². The SMILES string of the molecule is CCn1cnc(CNc2cccc(Cl)c2Cl)c1. The summed E-state index contributed by atoms with van der Waals surface area (Å²) in [5.41, 5.74) is 1.80. The first-order valence-corrected chi connectivity index (χ1v) is 6.15. The number of anilines is 1. The molecule has 0 fully saturated rings. The lowest BCUT2D eigenvalue weighted by Crippen LogP contribution is -2.00. The molecule has 90 valence electrons. The van der Waals surface area contributed by atoms with Crippen LogP contribution in [0, 0.1) is 0 Å². The minimum atomic E-state index is 0.545. The molecule has 1 aromatic carbocycles. The van der Waals surface area contributed by atoms with Crippen molar-refractivity contribution in [3.05, 3.63) is 46.5 Å². The third kappa shape index (κ3) is 2.93. The lowest BCUT2D eigenvalue weighted by atomic mass is 10.3. The van der Waals surface area contributed by atoms with E-state index in [1.807, 2.05) is 29.2 Å². The van der Waals surface area contributed by atoms with E-state index in [1.54, 1.807) is 6.07 Å². The number of nitrogens with one attached hydrogen (secondary N) is 1. The number of benzene rings is 1. The quantitative estimate of drug-likeness (QED) is 0.915. The van der Waals surface area contributed by atoms with Gasteiger partial charge in [0.15, 0.2) is 0 Å². The van der Waals surface area contributed by atoms with Crippen LogP contribution >= 0.6 is 23.2 Å². The average molecular weight is 270 g/mol. The van der Waals surface area contributed by atoms with Crippen molar-refractivity contribution in [2.24, 2.45) is 0 Å². The number of halogens is 2. The fraction of sp³-hybridized carbons (Fsp3) is 0.250. The summed E-state index contributed by atoms with van der Waals surface area (Å²) in [6, 6.07) is 5.52. The summed E-state index contributed by atoms with van der Waals surface area (Å²) in [6.45, 7) is 3.63. The molecule has 0 bridgehead atoms. The van der Waals surface area contributed by atoms with E-state index in [1.165, 1.54) is 0 Å². The number of nitrogens with zero attached hydrogens (tertiary/aromatic N) is 2. The Labute approximate surface area is 110 Å². The lowest BCUT2D eigenvalue weighted by Gasteiger charge is -2.07. The molecule has 0 aliphatic heterocycles. The van der Waals surface area contributed by atoms with Crippen LogP contribution < -0.4 is 5.32 Å². The first kappa shape index (κ1) is 12.3. The van der Waals surface area contributed by atoms with Crippen molar-refractivity contribution in [1.29, 1.82) is 0 Å². The Hall–Kier alpha value is -1.19. The van der Waals surface area contributed by atoms with Gasteiger partial charge in [-0.15, -0.1) is 0 Å². The molecule has 0 atom stereocenters. The molecule has 0 aliphatic rings. The molecular formula is C12H13Cl2N3. The molecule has 1 aromatic heterocycles. The van der Waals surface area contributed by atoms with Gasteiger partial charge in [-0.1, -0.05) is 29.3 Å². The monoisotopic (exact) mass is 269 g/mol. The molecule has 17 heavy (non-hydrogen) atoms. The number of hydrogen-bond acceptors (Lipinski definition) is 2. The van der Waals surface area contributed by atoms with Crippen molar-refractivity contribution in [1.82, 2.24) is 9.55 Å². The molecule has 2 rings (SSSR count). The molecule has 0 saturated carbocycles. The molecule has 0 spiro atoms. The Morgan fingerprint density at radius 2 is 2.18 bits per heavy atom. The normalized spacial score (nSPS) is 10.5. The molecule has 0 radical (unpaired) electrons. The van der Waals surface area contributed by atoms with Gasteiger partial charge in [-0.2, -0.15) is 0 Å². The largest absolute Gasteiger partial charge is 0.378 e. The van der Waals surface area contributed by atoms with Crippen molar-refractivity contribution in [2.45, 2.75) is 20.0 Å². The summed E-state index contributed by atoms with van der Waals surface area (Å²) in [5, 5.41) is 4.31. The Morgan fingerprint density at radius 3 is 2.88 bits per heavy atom. The second-order valence-corrected chi connectivity index (χ2v) is 4.44. The average Bonchev–Trinajstić information content (AvgIpc) is 2.79. The number of aryl methyl sites for hydroxylation is 1. The maximum Gasteiger partial charge on any atom is 0.0950 e. The van der Waals surface area contributed by atoms with Gasteiger partial charge >= 0.3 is 0 Å². The second-order valence-electron chi connectivity index (χ2n) is 3.65. The zero-order chi connectivity index (χ0) is 12.3. The van der Waals surface area contributed by atoms with Crippen LogP contribution in [0.5, 0.6) is 0 Å². The van der Waals surface area contributed by atoms with E-state index >= 15 is 0 Å². The second kappa shape index (κ2) is 5.43. The van der Waals surface area contributed by atoms with E-state index in [0.29, 0.717) is 16.6 Å². The number of imidazole rings is 1. The summed E-state index contributed by atoms with van der Waals surface area (Å²) in [5.74, 6) is 0. The van der Waals surface area contributed by atoms with Crippen LogP contribution in [0.3, 0.4) is 0 Å². The van der Waals surface area contributed by atoms with Crippen molar-refractivity contribution in [2.75, 3.05) is 5.32 Å². The van der Waals surface area contributed by atoms with Gasteiger partial charge in [-0.3, -0.25) is 0 Å². The molecule has 0 amide bonds. The fourth-order valence-corrected chi connectivity index (χ4v) is 1.86.